The van der Waals surface area contributed by atoms with Crippen LogP contribution in [-0.4, -0.2) is 38.3 Å². The Bertz CT molecular complexity index is 912. The first-order chi connectivity index (χ1) is 13.9. The van der Waals surface area contributed by atoms with E-state index in [0.29, 0.717) is 35.3 Å². The van der Waals surface area contributed by atoms with Crippen LogP contribution in [0.25, 0.3) is 0 Å². The predicted molar refractivity (Wildman–Crippen MR) is 116 cm³/mol. The summed E-state index contributed by atoms with van der Waals surface area (Å²) in [5.41, 5.74) is 9.28. The summed E-state index contributed by atoms with van der Waals surface area (Å²) in [6, 6.07) is 6.80. The molecule has 3 rings (SSSR count). The lowest BCUT2D eigenvalue weighted by Crippen LogP contribution is -2.10. The van der Waals surface area contributed by atoms with E-state index in [4.69, 9.17) is 17.3 Å². The number of rotatable bonds is 5. The van der Waals surface area contributed by atoms with E-state index >= 15 is 0 Å². The standard InChI is InChI=1S/C11H17N7.C7H5ClO.C2H6/c1-7-10(5-13-3)16-17-18(7)6-9-4-14-8(2)15-11(9)12;8-7-3-1-2-6(4-7)5-9;1-2/h4,13H,5-6H2,1-3H3,(H2,12,14,15);1-5H;1-2H3. The molecule has 9 heteroatoms. The van der Waals surface area contributed by atoms with Gasteiger partial charge in [-0.05, 0) is 33.0 Å². The number of benzene rings is 1. The fraction of sp³-hybridized carbons (Fsp3) is 0.350. The lowest BCUT2D eigenvalue weighted by atomic mass is 10.2. The predicted octanol–water partition coefficient (Wildman–Crippen LogP) is 3.21. The number of hydrogen-bond acceptors (Lipinski definition) is 7. The fourth-order valence-corrected chi connectivity index (χ4v) is 2.45. The molecule has 3 N–H and O–H groups in total. The number of nitrogens with zero attached hydrogens (tertiary/aromatic N) is 5. The summed E-state index contributed by atoms with van der Waals surface area (Å²) < 4.78 is 1.80. The molecule has 0 aliphatic carbocycles. The number of halogens is 1. The topological polar surface area (TPSA) is 112 Å². The number of carbonyl (C=O) groups excluding carboxylic acids is 1. The minimum atomic E-state index is 0.493. The SMILES string of the molecule is CC.CNCc1nnn(Cc2cnc(C)nc2N)c1C.O=Cc1cccc(Cl)c1. The first-order valence-electron chi connectivity index (χ1n) is 9.27. The van der Waals surface area contributed by atoms with Gasteiger partial charge in [0.1, 0.15) is 17.9 Å². The van der Waals surface area contributed by atoms with Crippen LogP contribution < -0.4 is 11.1 Å². The molecule has 2 aromatic heterocycles. The van der Waals surface area contributed by atoms with Crippen molar-refractivity contribution in [1.82, 2.24) is 30.3 Å². The zero-order valence-electron chi connectivity index (χ0n) is 17.5. The molecule has 0 bridgehead atoms. The number of hydrogen-bond donors (Lipinski definition) is 2. The lowest BCUT2D eigenvalue weighted by molar-refractivity contribution is 0.112. The summed E-state index contributed by atoms with van der Waals surface area (Å²) in [5, 5.41) is 11.9. The van der Waals surface area contributed by atoms with Gasteiger partial charge in [-0.25, -0.2) is 14.6 Å². The molecule has 0 saturated carbocycles. The monoisotopic (exact) mass is 417 g/mol. The van der Waals surface area contributed by atoms with Gasteiger partial charge >= 0.3 is 0 Å². The van der Waals surface area contributed by atoms with Gasteiger partial charge in [0, 0.05) is 28.9 Å². The number of anilines is 1. The molecule has 29 heavy (non-hydrogen) atoms. The van der Waals surface area contributed by atoms with Gasteiger partial charge in [-0.15, -0.1) is 5.10 Å². The molecule has 156 valence electrons. The molecule has 1 aromatic carbocycles. The molecule has 0 saturated heterocycles. The van der Waals surface area contributed by atoms with Crippen molar-refractivity contribution < 1.29 is 4.79 Å². The average molecular weight is 418 g/mol. The molecule has 0 radical (unpaired) electrons. The van der Waals surface area contributed by atoms with E-state index < -0.39 is 0 Å². The van der Waals surface area contributed by atoms with E-state index in [1.807, 2.05) is 34.7 Å². The molecule has 8 nitrogen and oxygen atoms in total. The number of aromatic nitrogens is 5. The molecular formula is C20H28ClN7O. The minimum Gasteiger partial charge on any atom is -0.383 e. The van der Waals surface area contributed by atoms with Crippen molar-refractivity contribution in [2.45, 2.75) is 40.8 Å². The number of carbonyl (C=O) groups is 1. The Labute approximate surface area is 176 Å². The van der Waals surface area contributed by atoms with Gasteiger partial charge in [0.2, 0.25) is 0 Å². The third-order valence-corrected chi connectivity index (χ3v) is 3.98. The quantitative estimate of drug-likeness (QED) is 0.613. The van der Waals surface area contributed by atoms with Crippen LogP contribution in [0.1, 0.15) is 47.0 Å². The maximum atomic E-state index is 10.1. The molecule has 0 amide bonds. The summed E-state index contributed by atoms with van der Waals surface area (Å²) in [6.07, 6.45) is 2.50. The van der Waals surface area contributed by atoms with Gasteiger partial charge in [0.25, 0.3) is 0 Å². The van der Waals surface area contributed by atoms with Crippen LogP contribution in [0, 0.1) is 13.8 Å². The third kappa shape index (κ3) is 7.59. The van der Waals surface area contributed by atoms with E-state index in [2.05, 4.69) is 25.6 Å². The molecule has 0 fully saturated rings. The number of aldehydes is 1. The molecular weight excluding hydrogens is 390 g/mol. The highest BCUT2D eigenvalue weighted by molar-refractivity contribution is 6.30. The summed E-state index contributed by atoms with van der Waals surface area (Å²) in [5.74, 6) is 1.16. The van der Waals surface area contributed by atoms with Gasteiger partial charge in [0.15, 0.2) is 0 Å². The van der Waals surface area contributed by atoms with E-state index in [1.54, 1.807) is 35.1 Å². The molecule has 0 aliphatic rings. The van der Waals surface area contributed by atoms with E-state index in [0.717, 1.165) is 23.2 Å². The van der Waals surface area contributed by atoms with E-state index in [9.17, 15) is 4.79 Å². The van der Waals surface area contributed by atoms with Gasteiger partial charge in [-0.2, -0.15) is 0 Å². The molecule has 0 spiro atoms. The van der Waals surface area contributed by atoms with Gasteiger partial charge in [-0.3, -0.25) is 4.79 Å². The number of nitrogens with two attached hydrogens (primary N) is 1. The smallest absolute Gasteiger partial charge is 0.150 e. The Morgan fingerprint density at radius 1 is 1.28 bits per heavy atom. The maximum absolute atomic E-state index is 10.1. The minimum absolute atomic E-state index is 0.493. The molecule has 0 unspecified atom stereocenters. The normalized spacial score (nSPS) is 9.72. The summed E-state index contributed by atoms with van der Waals surface area (Å²) in [7, 11) is 1.88. The zero-order chi connectivity index (χ0) is 21.8. The Kier molecular flexibility index (Phi) is 10.5. The number of nitrogens with one attached hydrogen (secondary N) is 1. The largest absolute Gasteiger partial charge is 0.383 e. The molecule has 3 aromatic rings. The van der Waals surface area contributed by atoms with E-state index in [1.165, 1.54) is 0 Å². The van der Waals surface area contributed by atoms with Crippen molar-refractivity contribution in [3.8, 4) is 0 Å². The van der Waals surface area contributed by atoms with Crippen LogP contribution in [-0.2, 0) is 13.1 Å². The third-order valence-electron chi connectivity index (χ3n) is 3.75. The Morgan fingerprint density at radius 2 is 2.00 bits per heavy atom. The molecule has 2 heterocycles. The average Bonchev–Trinajstić information content (AvgIpc) is 3.06. The second-order valence-electron chi connectivity index (χ2n) is 5.81. The lowest BCUT2D eigenvalue weighted by Gasteiger charge is -2.06. The summed E-state index contributed by atoms with van der Waals surface area (Å²) in [6.45, 7) is 9.03. The van der Waals surface area contributed by atoms with E-state index in [-0.39, 0.29) is 0 Å². The van der Waals surface area contributed by atoms with Crippen LogP contribution in [0.4, 0.5) is 5.82 Å². The molecule has 0 atom stereocenters. The van der Waals surface area contributed by atoms with Crippen LogP contribution in [0.5, 0.6) is 0 Å². The van der Waals surface area contributed by atoms with Gasteiger partial charge in [0.05, 0.1) is 17.9 Å². The van der Waals surface area contributed by atoms with Crippen LogP contribution in [0.15, 0.2) is 30.5 Å². The van der Waals surface area contributed by atoms with Crippen LogP contribution in [0.2, 0.25) is 5.02 Å². The highest BCUT2D eigenvalue weighted by Gasteiger charge is 2.10. The first kappa shape index (κ1) is 24.2. The second kappa shape index (κ2) is 12.6. The highest BCUT2D eigenvalue weighted by atomic mass is 35.5. The van der Waals surface area contributed by atoms with Crippen molar-refractivity contribution >= 4 is 23.7 Å². The van der Waals surface area contributed by atoms with Crippen LogP contribution in [0.3, 0.4) is 0 Å². The van der Waals surface area contributed by atoms with Crippen molar-refractivity contribution in [1.29, 1.82) is 0 Å². The summed E-state index contributed by atoms with van der Waals surface area (Å²) >= 11 is 5.56. The Hall–Kier alpha value is -2.84. The van der Waals surface area contributed by atoms with Gasteiger partial charge in [-0.1, -0.05) is 42.8 Å². The summed E-state index contributed by atoms with van der Waals surface area (Å²) in [4.78, 5) is 18.4. The Morgan fingerprint density at radius 3 is 2.55 bits per heavy atom. The first-order valence-corrected chi connectivity index (χ1v) is 9.64. The van der Waals surface area contributed by atoms with Crippen molar-refractivity contribution in [2.75, 3.05) is 12.8 Å². The number of aryl methyl sites for hydroxylation is 1. The number of nitrogen functional groups attached to an aromatic ring is 1. The second-order valence-corrected chi connectivity index (χ2v) is 6.25. The molecule has 0 aliphatic heterocycles. The van der Waals surface area contributed by atoms with Crippen molar-refractivity contribution in [2.24, 2.45) is 0 Å². The highest BCUT2D eigenvalue weighted by Crippen LogP contribution is 2.11. The zero-order valence-corrected chi connectivity index (χ0v) is 18.2. The van der Waals surface area contributed by atoms with Crippen LogP contribution >= 0.6 is 11.6 Å². The van der Waals surface area contributed by atoms with Crippen molar-refractivity contribution in [3.63, 3.8) is 0 Å². The van der Waals surface area contributed by atoms with Gasteiger partial charge < -0.3 is 11.1 Å². The fourth-order valence-electron chi connectivity index (χ4n) is 2.25. The Balaban J connectivity index is 0.000000321. The van der Waals surface area contributed by atoms with Crippen molar-refractivity contribution in [3.05, 3.63) is 63.8 Å². The maximum Gasteiger partial charge on any atom is 0.150 e.